The van der Waals surface area contributed by atoms with E-state index in [-0.39, 0.29) is 44.5 Å². The SMILES string of the molecule is CC(=O)N[C@@H](Cc1ccc(OP(=O)(O)O)cc1)C(=O)N[C@@H](CCC(=O)O)C(=O)N(CCCC(=O)O)CCCc1ccccc1. The Morgan fingerprint density at radius 3 is 2.00 bits per heavy atom. The summed E-state index contributed by atoms with van der Waals surface area (Å²) in [4.78, 5) is 80.8. The first kappa shape index (κ1) is 35.9. The molecule has 15 heteroatoms. The summed E-state index contributed by atoms with van der Waals surface area (Å²) in [5.74, 6) is -4.20. The van der Waals surface area contributed by atoms with E-state index < -0.39 is 56.0 Å². The number of hydrogen-bond acceptors (Lipinski definition) is 7. The molecule has 14 nitrogen and oxygen atoms in total. The first-order chi connectivity index (χ1) is 20.7. The molecule has 0 fully saturated rings. The lowest BCUT2D eigenvalue weighted by molar-refractivity contribution is -0.141. The van der Waals surface area contributed by atoms with Gasteiger partial charge >= 0.3 is 19.8 Å². The molecule has 6 N–H and O–H groups in total. The molecule has 0 radical (unpaired) electrons. The van der Waals surface area contributed by atoms with E-state index in [1.54, 1.807) is 0 Å². The Kier molecular flexibility index (Phi) is 14.5. The fraction of sp³-hybridized carbons (Fsp3) is 0.414. The number of aliphatic carboxylic acids is 2. The highest BCUT2D eigenvalue weighted by Crippen LogP contribution is 2.37. The molecule has 2 aromatic carbocycles. The monoisotopic (exact) mass is 635 g/mol. The molecule has 0 saturated carbocycles. The van der Waals surface area contributed by atoms with Crippen molar-refractivity contribution in [2.24, 2.45) is 0 Å². The van der Waals surface area contributed by atoms with Gasteiger partial charge in [0.05, 0.1) is 0 Å². The Morgan fingerprint density at radius 1 is 0.818 bits per heavy atom. The van der Waals surface area contributed by atoms with Crippen LogP contribution in [0.3, 0.4) is 0 Å². The Bertz CT molecular complexity index is 1320. The van der Waals surface area contributed by atoms with Crippen LogP contribution in [0.5, 0.6) is 5.75 Å². The summed E-state index contributed by atoms with van der Waals surface area (Å²) in [6, 6.07) is 12.5. The minimum Gasteiger partial charge on any atom is -0.481 e. The van der Waals surface area contributed by atoms with E-state index in [0.717, 1.165) is 5.56 Å². The Hall–Kier alpha value is -4.26. The zero-order valence-electron chi connectivity index (χ0n) is 24.3. The van der Waals surface area contributed by atoms with Crippen molar-refractivity contribution in [2.75, 3.05) is 13.1 Å². The molecule has 2 aromatic rings. The van der Waals surface area contributed by atoms with Crippen LogP contribution in [-0.4, -0.2) is 79.7 Å². The fourth-order valence-electron chi connectivity index (χ4n) is 4.40. The Labute approximate surface area is 254 Å². The Morgan fingerprint density at radius 2 is 1.43 bits per heavy atom. The molecule has 0 aromatic heterocycles. The summed E-state index contributed by atoms with van der Waals surface area (Å²) in [6.07, 6.45) is 0.405. The second-order valence-electron chi connectivity index (χ2n) is 10.1. The van der Waals surface area contributed by atoms with Gasteiger partial charge in [-0.1, -0.05) is 42.5 Å². The van der Waals surface area contributed by atoms with Gasteiger partial charge in [0, 0.05) is 39.3 Å². The minimum atomic E-state index is -4.78. The second-order valence-corrected chi connectivity index (χ2v) is 11.3. The number of aryl methyl sites for hydroxylation is 1. The smallest absolute Gasteiger partial charge is 0.481 e. The highest BCUT2D eigenvalue weighted by atomic mass is 31.2. The normalized spacial score (nSPS) is 12.4. The van der Waals surface area contributed by atoms with Crippen molar-refractivity contribution in [3.8, 4) is 5.75 Å². The third-order valence-corrected chi connectivity index (χ3v) is 6.86. The molecular formula is C29H38N3O11P. The average Bonchev–Trinajstić information content (AvgIpc) is 2.94. The van der Waals surface area contributed by atoms with E-state index in [1.807, 2.05) is 30.3 Å². The molecule has 0 unspecified atom stereocenters. The number of carboxylic acids is 2. The minimum absolute atomic E-state index is 0.0686. The number of carbonyl (C=O) groups is 5. The zero-order chi connectivity index (χ0) is 32.7. The third kappa shape index (κ3) is 14.3. The van der Waals surface area contributed by atoms with Crippen LogP contribution >= 0.6 is 7.82 Å². The van der Waals surface area contributed by atoms with Crippen molar-refractivity contribution < 1.29 is 53.1 Å². The van der Waals surface area contributed by atoms with Gasteiger partial charge < -0.3 is 30.3 Å². The molecule has 0 bridgehead atoms. The summed E-state index contributed by atoms with van der Waals surface area (Å²) in [7, 11) is -4.78. The first-order valence-electron chi connectivity index (χ1n) is 13.9. The van der Waals surface area contributed by atoms with Gasteiger partial charge in [-0.05, 0) is 48.9 Å². The fourth-order valence-corrected chi connectivity index (χ4v) is 4.80. The number of phosphoric ester groups is 1. The van der Waals surface area contributed by atoms with E-state index >= 15 is 0 Å². The topological polar surface area (TPSA) is 220 Å². The molecule has 2 rings (SSSR count). The molecule has 240 valence electrons. The van der Waals surface area contributed by atoms with Crippen LogP contribution in [-0.2, 0) is 41.4 Å². The predicted molar refractivity (Wildman–Crippen MR) is 157 cm³/mol. The summed E-state index contributed by atoms with van der Waals surface area (Å²) in [5, 5.41) is 23.4. The number of amides is 3. The molecule has 0 spiro atoms. The van der Waals surface area contributed by atoms with Crippen LogP contribution in [0.15, 0.2) is 54.6 Å². The molecule has 0 aliphatic heterocycles. The van der Waals surface area contributed by atoms with Crippen LogP contribution in [0.1, 0.15) is 50.2 Å². The van der Waals surface area contributed by atoms with E-state index in [9.17, 15) is 33.6 Å². The largest absolute Gasteiger partial charge is 0.524 e. The lowest BCUT2D eigenvalue weighted by Gasteiger charge is -2.29. The summed E-state index contributed by atoms with van der Waals surface area (Å²) in [6.45, 7) is 1.52. The molecular weight excluding hydrogens is 597 g/mol. The molecule has 0 aliphatic rings. The van der Waals surface area contributed by atoms with Crippen LogP contribution in [0, 0.1) is 0 Å². The molecule has 0 saturated heterocycles. The lowest BCUT2D eigenvalue weighted by Crippen LogP contribution is -2.55. The summed E-state index contributed by atoms with van der Waals surface area (Å²) >= 11 is 0. The van der Waals surface area contributed by atoms with E-state index in [2.05, 4.69) is 15.2 Å². The number of nitrogens with one attached hydrogen (secondary N) is 2. The maximum atomic E-state index is 13.7. The quantitative estimate of drug-likeness (QED) is 0.122. The number of nitrogens with zero attached hydrogens (tertiary/aromatic N) is 1. The average molecular weight is 636 g/mol. The first-order valence-corrected chi connectivity index (χ1v) is 15.4. The van der Waals surface area contributed by atoms with Crippen molar-refractivity contribution in [3.05, 3.63) is 65.7 Å². The summed E-state index contributed by atoms with van der Waals surface area (Å²) in [5.41, 5.74) is 1.53. The number of rotatable bonds is 19. The van der Waals surface area contributed by atoms with Gasteiger partial charge in [-0.3, -0.25) is 33.8 Å². The van der Waals surface area contributed by atoms with Crippen LogP contribution in [0.25, 0.3) is 0 Å². The van der Waals surface area contributed by atoms with Gasteiger partial charge in [0.25, 0.3) is 0 Å². The maximum Gasteiger partial charge on any atom is 0.524 e. The van der Waals surface area contributed by atoms with Crippen molar-refractivity contribution in [1.29, 1.82) is 0 Å². The zero-order valence-corrected chi connectivity index (χ0v) is 25.2. The maximum absolute atomic E-state index is 13.7. The van der Waals surface area contributed by atoms with Crippen LogP contribution in [0.4, 0.5) is 0 Å². The van der Waals surface area contributed by atoms with Gasteiger partial charge in [0.2, 0.25) is 17.7 Å². The highest BCUT2D eigenvalue weighted by molar-refractivity contribution is 7.46. The van der Waals surface area contributed by atoms with Gasteiger partial charge in [0.15, 0.2) is 0 Å². The van der Waals surface area contributed by atoms with E-state index in [4.69, 9.17) is 14.9 Å². The number of carboxylic acid groups (broad SMARTS) is 2. The lowest BCUT2D eigenvalue weighted by atomic mass is 10.0. The molecule has 2 atom stereocenters. The second kappa shape index (κ2) is 17.8. The number of hydrogen-bond donors (Lipinski definition) is 6. The van der Waals surface area contributed by atoms with Crippen LogP contribution < -0.4 is 15.2 Å². The van der Waals surface area contributed by atoms with Crippen molar-refractivity contribution >= 4 is 37.5 Å². The predicted octanol–water partition coefficient (Wildman–Crippen LogP) is 1.88. The highest BCUT2D eigenvalue weighted by Gasteiger charge is 2.30. The molecule has 0 aliphatic carbocycles. The standard InChI is InChI=1S/C29H38N3O11P/c1-20(33)30-25(19-22-11-13-23(14-12-22)43-44(40,41)42)28(38)31-24(15-16-27(36)37)29(39)32(18-6-10-26(34)35)17-5-9-21-7-3-2-4-8-21/h2-4,7-8,11-14,24-25H,5-6,9-10,15-19H2,1H3,(H,30,33)(H,31,38)(H,34,35)(H,36,37)(H2,40,41,42)/t24-,25-/m0/s1. The summed E-state index contributed by atoms with van der Waals surface area (Å²) < 4.78 is 15.6. The van der Waals surface area contributed by atoms with Crippen molar-refractivity contribution in [3.63, 3.8) is 0 Å². The van der Waals surface area contributed by atoms with Crippen molar-refractivity contribution in [2.45, 2.75) is 64.0 Å². The van der Waals surface area contributed by atoms with Gasteiger partial charge in [-0.15, -0.1) is 0 Å². The van der Waals surface area contributed by atoms with E-state index in [1.165, 1.54) is 36.1 Å². The molecule has 0 heterocycles. The Balaban J connectivity index is 2.22. The number of carbonyl (C=O) groups excluding carboxylic acids is 3. The third-order valence-electron chi connectivity index (χ3n) is 6.41. The number of benzene rings is 2. The van der Waals surface area contributed by atoms with Gasteiger partial charge in [0.1, 0.15) is 17.8 Å². The molecule has 44 heavy (non-hydrogen) atoms. The van der Waals surface area contributed by atoms with Gasteiger partial charge in [-0.2, -0.15) is 0 Å². The van der Waals surface area contributed by atoms with Crippen molar-refractivity contribution in [1.82, 2.24) is 15.5 Å². The van der Waals surface area contributed by atoms with Crippen LogP contribution in [0.2, 0.25) is 0 Å². The number of phosphoric acid groups is 1. The van der Waals surface area contributed by atoms with Gasteiger partial charge in [-0.25, -0.2) is 4.57 Å². The molecule has 3 amide bonds. The van der Waals surface area contributed by atoms with E-state index in [0.29, 0.717) is 18.4 Å².